The standard InChI is InChI=1S/C10H18O/c1-7(2)9-5-10(11,6-9)8(3)4/h7,9,11H,3,5-6H2,1-2,4H3. The lowest BCUT2D eigenvalue weighted by molar-refractivity contribution is -0.0559. The molecule has 0 amide bonds. The Hall–Kier alpha value is -0.300. The minimum absolute atomic E-state index is 0.519. The summed E-state index contributed by atoms with van der Waals surface area (Å²) in [4.78, 5) is 0. The zero-order valence-corrected chi connectivity index (χ0v) is 7.72. The Labute approximate surface area is 69.1 Å². The molecule has 64 valence electrons. The summed E-state index contributed by atoms with van der Waals surface area (Å²) in [6.07, 6.45) is 1.83. The van der Waals surface area contributed by atoms with Crippen molar-refractivity contribution in [1.82, 2.24) is 0 Å². The van der Waals surface area contributed by atoms with Gasteiger partial charge in [0.05, 0.1) is 5.60 Å². The summed E-state index contributed by atoms with van der Waals surface area (Å²) in [6.45, 7) is 10.1. The maximum atomic E-state index is 9.81. The van der Waals surface area contributed by atoms with Crippen molar-refractivity contribution < 1.29 is 5.11 Å². The Morgan fingerprint density at radius 2 is 2.00 bits per heavy atom. The van der Waals surface area contributed by atoms with Gasteiger partial charge in [-0.1, -0.05) is 20.4 Å². The molecular weight excluding hydrogens is 136 g/mol. The number of aliphatic hydroxyl groups is 1. The lowest BCUT2D eigenvalue weighted by Crippen LogP contribution is -2.46. The van der Waals surface area contributed by atoms with Gasteiger partial charge in [-0.15, -0.1) is 0 Å². The number of rotatable bonds is 2. The molecule has 1 nitrogen and oxygen atoms in total. The van der Waals surface area contributed by atoms with Gasteiger partial charge in [0.15, 0.2) is 0 Å². The molecule has 1 rings (SSSR count). The SMILES string of the molecule is C=C(C)C1(O)CC(C(C)C)C1. The van der Waals surface area contributed by atoms with Crippen molar-refractivity contribution in [2.75, 3.05) is 0 Å². The molecule has 1 aliphatic rings. The fraction of sp³-hybridized carbons (Fsp3) is 0.800. The molecule has 1 heteroatoms. The van der Waals surface area contributed by atoms with Crippen molar-refractivity contribution in [2.24, 2.45) is 11.8 Å². The van der Waals surface area contributed by atoms with Gasteiger partial charge < -0.3 is 5.11 Å². The van der Waals surface area contributed by atoms with Crippen LogP contribution < -0.4 is 0 Å². The summed E-state index contributed by atoms with van der Waals surface area (Å²) in [5, 5.41) is 9.81. The smallest absolute Gasteiger partial charge is 0.0857 e. The quantitative estimate of drug-likeness (QED) is 0.605. The summed E-state index contributed by atoms with van der Waals surface area (Å²) in [6, 6.07) is 0. The van der Waals surface area contributed by atoms with Gasteiger partial charge in [0.1, 0.15) is 0 Å². The van der Waals surface area contributed by atoms with Crippen LogP contribution in [0.5, 0.6) is 0 Å². The second-order valence-electron chi connectivity index (χ2n) is 4.22. The average molecular weight is 154 g/mol. The van der Waals surface area contributed by atoms with Crippen LogP contribution in [0.4, 0.5) is 0 Å². The van der Waals surface area contributed by atoms with Crippen molar-refractivity contribution >= 4 is 0 Å². The topological polar surface area (TPSA) is 20.2 Å². The van der Waals surface area contributed by atoms with Crippen LogP contribution in [-0.2, 0) is 0 Å². The first-order chi connectivity index (χ1) is 4.96. The predicted molar refractivity (Wildman–Crippen MR) is 47.3 cm³/mol. The van der Waals surface area contributed by atoms with Crippen LogP contribution >= 0.6 is 0 Å². The second-order valence-corrected chi connectivity index (χ2v) is 4.22. The Bertz CT molecular complexity index is 164. The average Bonchev–Trinajstić information content (AvgIpc) is 1.79. The first-order valence-corrected chi connectivity index (χ1v) is 4.34. The molecule has 1 fully saturated rings. The molecule has 0 saturated heterocycles. The van der Waals surface area contributed by atoms with E-state index in [-0.39, 0.29) is 0 Å². The second kappa shape index (κ2) is 2.63. The molecule has 0 bridgehead atoms. The van der Waals surface area contributed by atoms with Crippen molar-refractivity contribution in [3.63, 3.8) is 0 Å². The summed E-state index contributed by atoms with van der Waals surface area (Å²) >= 11 is 0. The molecule has 0 aromatic rings. The summed E-state index contributed by atoms with van der Waals surface area (Å²) in [7, 11) is 0. The van der Waals surface area contributed by atoms with Gasteiger partial charge in [-0.2, -0.15) is 0 Å². The van der Waals surface area contributed by atoms with Crippen LogP contribution in [0.2, 0.25) is 0 Å². The van der Waals surface area contributed by atoms with E-state index in [1.54, 1.807) is 0 Å². The highest BCUT2D eigenvalue weighted by Crippen LogP contribution is 2.45. The molecule has 0 heterocycles. The molecule has 0 aromatic heterocycles. The predicted octanol–water partition coefficient (Wildman–Crippen LogP) is 2.36. The maximum Gasteiger partial charge on any atom is 0.0857 e. The van der Waals surface area contributed by atoms with Crippen molar-refractivity contribution in [1.29, 1.82) is 0 Å². The zero-order valence-electron chi connectivity index (χ0n) is 7.72. The Balaban J connectivity index is 2.44. The number of hydrogen-bond acceptors (Lipinski definition) is 1. The Morgan fingerprint density at radius 3 is 2.27 bits per heavy atom. The fourth-order valence-electron chi connectivity index (χ4n) is 1.63. The van der Waals surface area contributed by atoms with Crippen LogP contribution in [0, 0.1) is 11.8 Å². The summed E-state index contributed by atoms with van der Waals surface area (Å²) in [5.41, 5.74) is 0.406. The molecule has 0 aromatic carbocycles. The third kappa shape index (κ3) is 1.48. The maximum absolute atomic E-state index is 9.81. The van der Waals surface area contributed by atoms with Crippen molar-refractivity contribution in [2.45, 2.75) is 39.2 Å². The van der Waals surface area contributed by atoms with Crippen LogP contribution in [0.3, 0.4) is 0 Å². The van der Waals surface area contributed by atoms with Crippen molar-refractivity contribution in [3.05, 3.63) is 12.2 Å². The fourth-order valence-corrected chi connectivity index (χ4v) is 1.63. The van der Waals surface area contributed by atoms with E-state index >= 15 is 0 Å². The summed E-state index contributed by atoms with van der Waals surface area (Å²) in [5.74, 6) is 1.41. The highest BCUT2D eigenvalue weighted by molar-refractivity contribution is 5.16. The van der Waals surface area contributed by atoms with Gasteiger partial charge in [-0.25, -0.2) is 0 Å². The third-order valence-corrected chi connectivity index (χ3v) is 2.94. The highest BCUT2D eigenvalue weighted by atomic mass is 16.3. The Morgan fingerprint density at radius 1 is 1.55 bits per heavy atom. The van der Waals surface area contributed by atoms with Gasteiger partial charge >= 0.3 is 0 Å². The first-order valence-electron chi connectivity index (χ1n) is 4.34. The van der Waals surface area contributed by atoms with Gasteiger partial charge in [-0.05, 0) is 37.2 Å². The van der Waals surface area contributed by atoms with E-state index in [2.05, 4.69) is 20.4 Å². The molecule has 0 spiro atoms. The minimum Gasteiger partial charge on any atom is -0.386 e. The normalized spacial score (nSPS) is 37.0. The van der Waals surface area contributed by atoms with Crippen LogP contribution in [0.1, 0.15) is 33.6 Å². The molecular formula is C10H18O. The first kappa shape index (κ1) is 8.79. The zero-order chi connectivity index (χ0) is 8.65. The molecule has 1 saturated carbocycles. The van der Waals surface area contributed by atoms with Crippen LogP contribution in [0.15, 0.2) is 12.2 Å². The minimum atomic E-state index is -0.519. The lowest BCUT2D eigenvalue weighted by atomic mass is 9.64. The van der Waals surface area contributed by atoms with E-state index in [0.29, 0.717) is 11.8 Å². The molecule has 1 aliphatic carbocycles. The van der Waals surface area contributed by atoms with Gasteiger partial charge in [0, 0.05) is 0 Å². The highest BCUT2D eigenvalue weighted by Gasteiger charge is 2.43. The molecule has 11 heavy (non-hydrogen) atoms. The monoisotopic (exact) mass is 154 g/mol. The lowest BCUT2D eigenvalue weighted by Gasteiger charge is -2.46. The van der Waals surface area contributed by atoms with E-state index in [4.69, 9.17) is 0 Å². The van der Waals surface area contributed by atoms with E-state index in [1.165, 1.54) is 0 Å². The molecule has 1 N–H and O–H groups in total. The summed E-state index contributed by atoms with van der Waals surface area (Å²) < 4.78 is 0. The number of hydrogen-bond donors (Lipinski definition) is 1. The van der Waals surface area contributed by atoms with Crippen LogP contribution in [-0.4, -0.2) is 10.7 Å². The molecule has 0 atom stereocenters. The van der Waals surface area contributed by atoms with Crippen LogP contribution in [0.25, 0.3) is 0 Å². The van der Waals surface area contributed by atoms with Crippen molar-refractivity contribution in [3.8, 4) is 0 Å². The molecule has 0 unspecified atom stereocenters. The third-order valence-electron chi connectivity index (χ3n) is 2.94. The van der Waals surface area contributed by atoms with E-state index in [9.17, 15) is 5.11 Å². The largest absolute Gasteiger partial charge is 0.386 e. The van der Waals surface area contributed by atoms with E-state index in [0.717, 1.165) is 18.4 Å². The van der Waals surface area contributed by atoms with Gasteiger partial charge in [-0.3, -0.25) is 0 Å². The van der Waals surface area contributed by atoms with E-state index in [1.807, 2.05) is 6.92 Å². The van der Waals surface area contributed by atoms with Gasteiger partial charge in [0.25, 0.3) is 0 Å². The Kier molecular flexibility index (Phi) is 2.10. The molecule has 0 aliphatic heterocycles. The molecule has 0 radical (unpaired) electrons. The van der Waals surface area contributed by atoms with Gasteiger partial charge in [0.2, 0.25) is 0 Å². The van der Waals surface area contributed by atoms with E-state index < -0.39 is 5.60 Å².